The van der Waals surface area contributed by atoms with Gasteiger partial charge in [-0.25, -0.2) is 0 Å². The minimum absolute atomic E-state index is 0.0752. The molecule has 286 valence electrons. The lowest BCUT2D eigenvalue weighted by Crippen LogP contribution is -2.59. The van der Waals surface area contributed by atoms with Crippen molar-refractivity contribution < 1.29 is 9.15 Å². The van der Waals surface area contributed by atoms with E-state index in [1.54, 1.807) is 0 Å². The molecule has 0 saturated carbocycles. The predicted molar refractivity (Wildman–Crippen MR) is 253 cm³/mol. The molecule has 0 aliphatic carbocycles. The molecule has 0 saturated heterocycles. The molecule has 2 aliphatic heterocycles. The number of aromatic nitrogens is 1. The molecule has 4 heterocycles. The maximum Gasteiger partial charge on any atom is 0.256 e. The maximum absolute atomic E-state index is 7.08. The zero-order valence-electron chi connectivity index (χ0n) is 33.3. The van der Waals surface area contributed by atoms with Gasteiger partial charge in [-0.3, -0.25) is 0 Å². The number of rotatable bonds is 5. The zero-order chi connectivity index (χ0) is 40.2. The topological polar surface area (TPSA) is 33.8 Å². The van der Waals surface area contributed by atoms with Gasteiger partial charge in [0.2, 0.25) is 0 Å². The highest BCUT2D eigenvalue weighted by atomic mass is 16.5. The van der Waals surface area contributed by atoms with E-state index in [0.29, 0.717) is 0 Å². The number of benzene rings is 9. The van der Waals surface area contributed by atoms with Crippen LogP contribution in [-0.4, -0.2) is 11.3 Å². The summed E-state index contributed by atoms with van der Waals surface area (Å²) < 4.78 is 16.1. The molecule has 13 rings (SSSR count). The molecule has 0 amide bonds. The Hall–Kier alpha value is -7.96. The van der Waals surface area contributed by atoms with Crippen molar-refractivity contribution in [2.75, 3.05) is 9.80 Å². The van der Waals surface area contributed by atoms with Gasteiger partial charge in [0.25, 0.3) is 6.71 Å². The van der Waals surface area contributed by atoms with Gasteiger partial charge in [0, 0.05) is 61.7 Å². The van der Waals surface area contributed by atoms with Crippen molar-refractivity contribution in [1.82, 2.24) is 4.57 Å². The summed E-state index contributed by atoms with van der Waals surface area (Å²) in [5.74, 6) is 1.71. The Kier molecular flexibility index (Phi) is 7.25. The molecule has 0 unspecified atom stereocenters. The summed E-state index contributed by atoms with van der Waals surface area (Å²) in [6.45, 7) is 2.05. The molecule has 5 nitrogen and oxygen atoms in total. The van der Waals surface area contributed by atoms with E-state index in [4.69, 9.17) is 9.15 Å². The van der Waals surface area contributed by atoms with Crippen LogP contribution in [0.3, 0.4) is 0 Å². The Balaban J connectivity index is 1.05. The van der Waals surface area contributed by atoms with Crippen LogP contribution in [0.25, 0.3) is 49.4 Å². The van der Waals surface area contributed by atoms with Crippen molar-refractivity contribution in [3.05, 3.63) is 206 Å². The minimum Gasteiger partial charge on any atom is -0.458 e. The van der Waals surface area contributed by atoms with Gasteiger partial charge < -0.3 is 23.5 Å². The second-order valence-corrected chi connectivity index (χ2v) is 16.2. The van der Waals surface area contributed by atoms with Crippen LogP contribution in [0.4, 0.5) is 34.1 Å². The van der Waals surface area contributed by atoms with Crippen LogP contribution >= 0.6 is 0 Å². The summed E-state index contributed by atoms with van der Waals surface area (Å²) in [6.07, 6.45) is 0. The van der Waals surface area contributed by atoms with E-state index in [1.807, 2.05) is 12.1 Å². The van der Waals surface area contributed by atoms with Gasteiger partial charge in [-0.1, -0.05) is 121 Å². The Bertz CT molecular complexity index is 3540. The van der Waals surface area contributed by atoms with Crippen molar-refractivity contribution in [1.29, 1.82) is 0 Å². The summed E-state index contributed by atoms with van der Waals surface area (Å²) in [7, 11) is 0. The van der Waals surface area contributed by atoms with Crippen LogP contribution in [0.15, 0.2) is 205 Å². The van der Waals surface area contributed by atoms with Gasteiger partial charge >= 0.3 is 0 Å². The molecule has 2 aromatic heterocycles. The largest absolute Gasteiger partial charge is 0.458 e. The molecule has 2 aliphatic rings. The predicted octanol–water partition coefficient (Wildman–Crippen LogP) is 12.9. The van der Waals surface area contributed by atoms with E-state index in [9.17, 15) is 0 Å². The lowest BCUT2D eigenvalue weighted by atomic mass is 9.34. The fourth-order valence-electron chi connectivity index (χ4n) is 10.0. The number of nitrogens with zero attached hydrogens (tertiary/aromatic N) is 3. The molecule has 0 N–H and O–H groups in total. The molecule has 0 spiro atoms. The molecular weight excluding hydrogens is 745 g/mol. The number of anilines is 6. The number of ether oxygens (including phenoxy) is 1. The number of aryl methyl sites for hydroxylation is 1. The van der Waals surface area contributed by atoms with Crippen LogP contribution in [-0.2, 0) is 0 Å². The van der Waals surface area contributed by atoms with Crippen LogP contribution in [0.1, 0.15) is 5.56 Å². The quantitative estimate of drug-likeness (QED) is 0.163. The Morgan fingerprint density at radius 2 is 1.18 bits per heavy atom. The Morgan fingerprint density at radius 1 is 0.475 bits per heavy atom. The van der Waals surface area contributed by atoms with Crippen LogP contribution < -0.4 is 30.9 Å². The minimum atomic E-state index is -0.0752. The number of para-hydroxylation sites is 5. The molecule has 0 bridgehead atoms. The third-order valence-electron chi connectivity index (χ3n) is 12.7. The second-order valence-electron chi connectivity index (χ2n) is 16.2. The summed E-state index contributed by atoms with van der Waals surface area (Å²) >= 11 is 0. The average molecular weight is 782 g/mol. The molecular formula is C55H36BN3O2. The van der Waals surface area contributed by atoms with Gasteiger partial charge in [-0.2, -0.15) is 0 Å². The van der Waals surface area contributed by atoms with Crippen molar-refractivity contribution in [3.8, 4) is 17.2 Å². The maximum atomic E-state index is 7.08. The third-order valence-corrected chi connectivity index (χ3v) is 12.7. The highest BCUT2D eigenvalue weighted by molar-refractivity contribution is 6.99. The van der Waals surface area contributed by atoms with Crippen molar-refractivity contribution in [3.63, 3.8) is 0 Å². The van der Waals surface area contributed by atoms with Crippen LogP contribution in [0.5, 0.6) is 11.5 Å². The van der Waals surface area contributed by atoms with Crippen molar-refractivity contribution in [2.45, 2.75) is 6.92 Å². The highest BCUT2D eigenvalue weighted by Crippen LogP contribution is 2.46. The van der Waals surface area contributed by atoms with E-state index < -0.39 is 0 Å². The van der Waals surface area contributed by atoms with Crippen LogP contribution in [0.2, 0.25) is 0 Å². The van der Waals surface area contributed by atoms with E-state index in [2.05, 4.69) is 209 Å². The first-order valence-electron chi connectivity index (χ1n) is 20.9. The van der Waals surface area contributed by atoms with Crippen molar-refractivity contribution in [2.24, 2.45) is 0 Å². The lowest BCUT2D eigenvalue weighted by molar-refractivity contribution is 0.487. The summed E-state index contributed by atoms with van der Waals surface area (Å²) in [5.41, 5.74) is 16.3. The van der Waals surface area contributed by atoms with E-state index in [1.165, 1.54) is 38.3 Å². The normalized spacial score (nSPS) is 12.7. The summed E-state index contributed by atoms with van der Waals surface area (Å²) in [4.78, 5) is 4.72. The third kappa shape index (κ3) is 5.03. The zero-order valence-corrected chi connectivity index (χ0v) is 33.3. The number of furan rings is 1. The molecule has 0 fully saturated rings. The highest BCUT2D eigenvalue weighted by Gasteiger charge is 2.42. The van der Waals surface area contributed by atoms with Crippen molar-refractivity contribution >= 4 is 101 Å². The smallest absolute Gasteiger partial charge is 0.256 e. The summed E-state index contributed by atoms with van der Waals surface area (Å²) in [6, 6.07) is 71.7. The fourth-order valence-corrected chi connectivity index (χ4v) is 10.0. The Morgan fingerprint density at radius 3 is 2.02 bits per heavy atom. The van der Waals surface area contributed by atoms with Gasteiger partial charge in [-0.05, 0) is 102 Å². The molecule has 0 atom stereocenters. The van der Waals surface area contributed by atoms with Crippen LogP contribution in [0, 0.1) is 6.92 Å². The number of fused-ring (bicyclic) bond motifs is 10. The molecule has 6 heteroatoms. The SMILES string of the molecule is Cc1ccc(N(c2ccc3c(c2)Oc2cccc4c2B3c2cc3c5ccccc5n(-c5ccccc5)c3cc2N4c2ccccc2)c2cccc3c2oc2ccccc23)cc1. The molecule has 9 aromatic carbocycles. The standard InChI is InChI=1S/C55H36BN3O2/c1-35-26-28-38(29-27-35)57(48-23-12-20-42-41-19-9-11-24-51(41)61-55(42)48)39-30-31-44-53(32-39)60-52-25-13-22-47-54(52)56(44)45-33-43-40-18-8-10-21-46(40)58(36-14-4-2-5-15-36)49(43)34-50(45)59(47)37-16-6-3-7-17-37/h2-34H,1H3. The van der Waals surface area contributed by atoms with Gasteiger partial charge in [0.1, 0.15) is 17.1 Å². The van der Waals surface area contributed by atoms with E-state index in [-0.39, 0.29) is 6.71 Å². The second kappa shape index (κ2) is 13.0. The average Bonchev–Trinajstić information content (AvgIpc) is 3.85. The summed E-state index contributed by atoms with van der Waals surface area (Å²) in [5, 5.41) is 4.64. The van der Waals surface area contributed by atoms with Gasteiger partial charge in [0.15, 0.2) is 5.58 Å². The number of hydrogen-bond acceptors (Lipinski definition) is 4. The molecule has 0 radical (unpaired) electrons. The lowest BCUT2D eigenvalue weighted by Gasteiger charge is -2.40. The molecule has 11 aromatic rings. The first-order chi connectivity index (χ1) is 30.2. The molecule has 61 heavy (non-hydrogen) atoms. The monoisotopic (exact) mass is 781 g/mol. The number of hydrogen-bond donors (Lipinski definition) is 0. The van der Waals surface area contributed by atoms with Gasteiger partial charge in [0.05, 0.1) is 16.7 Å². The van der Waals surface area contributed by atoms with E-state index >= 15 is 0 Å². The Labute approximate surface area is 353 Å². The van der Waals surface area contributed by atoms with Gasteiger partial charge in [-0.15, -0.1) is 0 Å². The van der Waals surface area contributed by atoms with E-state index in [0.717, 1.165) is 78.7 Å². The fraction of sp³-hybridized carbons (Fsp3) is 0.0182. The first-order valence-corrected chi connectivity index (χ1v) is 20.9. The first kappa shape index (κ1) is 34.0.